The first-order valence-electron chi connectivity index (χ1n) is 17.1. The molecule has 0 radical (unpaired) electrons. The molecule has 1 saturated heterocycles. The summed E-state index contributed by atoms with van der Waals surface area (Å²) in [6, 6.07) is 53.8. The van der Waals surface area contributed by atoms with E-state index in [2.05, 4.69) is 121 Å². The van der Waals surface area contributed by atoms with Crippen LogP contribution in [0.5, 0.6) is 11.5 Å². The molecule has 0 saturated carbocycles. The average Bonchev–Trinajstić information content (AvgIpc) is 3.75. The van der Waals surface area contributed by atoms with Crippen LogP contribution in [0.15, 0.2) is 168 Å². The Morgan fingerprint density at radius 2 is 0.840 bits per heavy atom. The van der Waals surface area contributed by atoms with Crippen molar-refractivity contribution in [1.82, 2.24) is 0 Å². The Labute approximate surface area is 298 Å². The Balaban J connectivity index is 1.36. The summed E-state index contributed by atoms with van der Waals surface area (Å²) in [5.74, 6) is 0.551. The van der Waals surface area contributed by atoms with E-state index in [-0.39, 0.29) is 18.9 Å². The van der Waals surface area contributed by atoms with Crippen LogP contribution in [-0.4, -0.2) is 8.07 Å². The number of hydrogen-bond donors (Lipinski definition) is 0. The molecule has 1 heterocycles. The molecule has 0 aromatic heterocycles. The third-order valence-electron chi connectivity index (χ3n) is 10.6. The van der Waals surface area contributed by atoms with Gasteiger partial charge in [-0.25, -0.2) is 0 Å². The van der Waals surface area contributed by atoms with Crippen LogP contribution in [0.3, 0.4) is 0 Å². The molecule has 2 nitrogen and oxygen atoms in total. The molecule has 6 heteroatoms. The molecule has 3 aliphatic rings. The van der Waals surface area contributed by atoms with Gasteiger partial charge in [-0.3, -0.25) is 0 Å². The molecule has 1 aliphatic heterocycles. The average molecular weight is 752 g/mol. The van der Waals surface area contributed by atoms with Gasteiger partial charge in [-0.15, -0.1) is 0 Å². The van der Waals surface area contributed by atoms with Crippen molar-refractivity contribution in [2.75, 3.05) is 0 Å². The van der Waals surface area contributed by atoms with E-state index in [1.807, 2.05) is 0 Å². The zero-order valence-electron chi connectivity index (χ0n) is 27.3. The summed E-state index contributed by atoms with van der Waals surface area (Å²) in [5.41, 5.74) is 7.50. The molecule has 6 aromatic rings. The number of benzene rings is 6. The van der Waals surface area contributed by atoms with Crippen LogP contribution < -0.4 is 5.63 Å². The molecule has 1 fully saturated rings. The van der Waals surface area contributed by atoms with Crippen molar-refractivity contribution in [3.05, 3.63) is 213 Å². The molecule has 0 spiro atoms. The predicted octanol–water partition coefficient (Wildman–Crippen LogP) is 10.8. The van der Waals surface area contributed by atoms with Gasteiger partial charge in [-0.1, -0.05) is 0 Å². The third kappa shape index (κ3) is 5.28. The van der Waals surface area contributed by atoms with E-state index in [0.717, 1.165) is 12.1 Å². The van der Waals surface area contributed by atoms with Crippen molar-refractivity contribution in [2.45, 2.75) is 19.3 Å². The molecule has 2 unspecified atom stereocenters. The number of halogens is 2. The number of fused-ring (bicyclic) bond motifs is 6. The fourth-order valence-electron chi connectivity index (χ4n) is 8.67. The van der Waals surface area contributed by atoms with Gasteiger partial charge >= 0.3 is 300 Å². The Morgan fingerprint density at radius 3 is 1.26 bits per heavy atom. The summed E-state index contributed by atoms with van der Waals surface area (Å²) < 4.78 is 43.6. The van der Waals surface area contributed by atoms with Gasteiger partial charge in [0, 0.05) is 0 Å². The molecule has 2 aliphatic carbocycles. The maximum atomic E-state index is 14.4. The number of rotatable bonds is 8. The van der Waals surface area contributed by atoms with Crippen LogP contribution in [0, 0.1) is 11.6 Å². The minimum atomic E-state index is -4.81. The van der Waals surface area contributed by atoms with E-state index in [1.165, 1.54) is 68.0 Å². The van der Waals surface area contributed by atoms with Crippen molar-refractivity contribution >= 4 is 20.2 Å². The van der Waals surface area contributed by atoms with E-state index in [1.54, 1.807) is 24.3 Å². The zero-order valence-corrected chi connectivity index (χ0v) is 30.8. The summed E-state index contributed by atoms with van der Waals surface area (Å²) in [5, 5.41) is 2.86. The van der Waals surface area contributed by atoms with Gasteiger partial charge in [0.25, 0.3) is 0 Å². The monoisotopic (exact) mass is 750 g/mol. The normalized spacial score (nSPS) is 18.9. The summed E-state index contributed by atoms with van der Waals surface area (Å²) in [6.07, 6.45) is 4.93. The van der Waals surface area contributed by atoms with Crippen LogP contribution in [0.4, 0.5) is 8.78 Å². The molecular formula is C44H34F2O2SiZr. The van der Waals surface area contributed by atoms with E-state index in [9.17, 15) is 8.78 Å². The first kappa shape index (κ1) is 31.3. The molecule has 6 aromatic carbocycles. The SMILES string of the molecule is Fc1ccc([O][Zr]2([O]c3ccc(F)cc3)[CH]3C(=Cc4ccccc43)[Si](Cc3ccccc3)(Cc3ccccc3)C3=Cc4ccccc4[CH]32)cc1. The molecule has 0 bridgehead atoms. The van der Waals surface area contributed by atoms with Gasteiger partial charge in [0.1, 0.15) is 0 Å². The summed E-state index contributed by atoms with van der Waals surface area (Å²) in [6.45, 7) is 0. The Kier molecular flexibility index (Phi) is 7.90. The third-order valence-corrected chi connectivity index (χ3v) is 26.9. The van der Waals surface area contributed by atoms with E-state index in [4.69, 9.17) is 5.63 Å². The van der Waals surface area contributed by atoms with E-state index in [0.29, 0.717) is 11.5 Å². The van der Waals surface area contributed by atoms with Crippen LogP contribution in [-0.2, 0) is 33.2 Å². The van der Waals surface area contributed by atoms with Crippen LogP contribution in [0.2, 0.25) is 0 Å². The Bertz CT molecular complexity index is 2090. The molecule has 0 N–H and O–H groups in total. The summed E-state index contributed by atoms with van der Waals surface area (Å²) >= 11 is -4.81. The van der Waals surface area contributed by atoms with Crippen molar-refractivity contribution in [2.24, 2.45) is 0 Å². The van der Waals surface area contributed by atoms with E-state index >= 15 is 0 Å². The van der Waals surface area contributed by atoms with Crippen molar-refractivity contribution in [3.8, 4) is 11.5 Å². The van der Waals surface area contributed by atoms with Crippen LogP contribution in [0.25, 0.3) is 12.2 Å². The van der Waals surface area contributed by atoms with Gasteiger partial charge in [0.2, 0.25) is 0 Å². The van der Waals surface area contributed by atoms with Crippen LogP contribution >= 0.6 is 0 Å². The van der Waals surface area contributed by atoms with Crippen molar-refractivity contribution < 1.29 is 35.6 Å². The van der Waals surface area contributed by atoms with E-state index < -0.39 is 29.2 Å². The van der Waals surface area contributed by atoms with Crippen molar-refractivity contribution in [3.63, 3.8) is 0 Å². The second-order valence-corrected chi connectivity index (χ2v) is 25.0. The number of allylic oxidation sites excluding steroid dienone is 2. The first-order valence-corrected chi connectivity index (χ1v) is 24.4. The Hall–Kier alpha value is -4.64. The topological polar surface area (TPSA) is 18.5 Å². The second kappa shape index (κ2) is 12.6. The first-order chi connectivity index (χ1) is 24.5. The number of hydrogen-bond acceptors (Lipinski definition) is 2. The minimum absolute atomic E-state index is 0.108. The molecule has 50 heavy (non-hydrogen) atoms. The summed E-state index contributed by atoms with van der Waals surface area (Å²) in [7, 11) is -2.67. The molecule has 9 rings (SSSR count). The van der Waals surface area contributed by atoms with Gasteiger partial charge in [-0.2, -0.15) is 0 Å². The Morgan fingerprint density at radius 1 is 0.460 bits per heavy atom. The molecule has 0 amide bonds. The van der Waals surface area contributed by atoms with Gasteiger partial charge < -0.3 is 0 Å². The summed E-state index contributed by atoms with van der Waals surface area (Å²) in [4.78, 5) is 0. The molecule has 2 atom stereocenters. The predicted molar refractivity (Wildman–Crippen MR) is 194 cm³/mol. The van der Waals surface area contributed by atoms with Gasteiger partial charge in [-0.05, 0) is 0 Å². The standard InChI is InChI=1S/C32H26Si.2C6H5FO.Zr/c1-3-11-25(12-4-1)23-33(24-26-13-5-2-6-14-26,31-19-27-15-7-8-16-28(27)20-31)32-21-29-17-9-10-18-30(29)22-32;2*7-5-1-3-6(8)4-2-5;/h1-22H,23-24H2;2*1-4,8H;/q;;;+2/p-2. The van der Waals surface area contributed by atoms with Crippen LogP contribution in [0.1, 0.15) is 40.6 Å². The van der Waals surface area contributed by atoms with Gasteiger partial charge in [0.05, 0.1) is 0 Å². The fourth-order valence-corrected chi connectivity index (χ4v) is 31.1. The van der Waals surface area contributed by atoms with Gasteiger partial charge in [0.15, 0.2) is 0 Å². The fraction of sp³-hybridized carbons (Fsp3) is 0.0909. The van der Waals surface area contributed by atoms with Crippen molar-refractivity contribution in [1.29, 1.82) is 0 Å². The quantitative estimate of drug-likeness (QED) is 0.144. The second-order valence-electron chi connectivity index (χ2n) is 13.6. The molecule has 244 valence electrons. The maximum absolute atomic E-state index is 14.4. The zero-order chi connectivity index (χ0) is 33.7. The molecular weight excluding hydrogens is 718 g/mol.